The summed E-state index contributed by atoms with van der Waals surface area (Å²) >= 11 is 0. The molecule has 0 radical (unpaired) electrons. The van der Waals surface area contributed by atoms with E-state index in [4.69, 9.17) is 5.73 Å². The third-order valence-corrected chi connectivity index (χ3v) is 4.39. The molecule has 21 heavy (non-hydrogen) atoms. The van der Waals surface area contributed by atoms with E-state index in [0.29, 0.717) is 18.2 Å². The number of piperidine rings is 1. The van der Waals surface area contributed by atoms with E-state index in [1.54, 1.807) is 12.1 Å². The first-order valence-corrected chi connectivity index (χ1v) is 7.57. The molecule has 0 bridgehead atoms. The summed E-state index contributed by atoms with van der Waals surface area (Å²) in [5, 5.41) is 0. The molecule has 2 unspecified atom stereocenters. The van der Waals surface area contributed by atoms with Crippen molar-refractivity contribution < 1.29 is 13.2 Å². The summed E-state index contributed by atoms with van der Waals surface area (Å²) in [4.78, 5) is 2.20. The van der Waals surface area contributed by atoms with Gasteiger partial charge in [0.25, 0.3) is 0 Å². The molecular formula is C16H23F3N2. The zero-order chi connectivity index (χ0) is 15.5. The number of hydrogen-bond acceptors (Lipinski definition) is 2. The molecule has 2 nitrogen and oxygen atoms in total. The number of likely N-dealkylation sites (tertiary alicyclic amines) is 1. The summed E-state index contributed by atoms with van der Waals surface area (Å²) < 4.78 is 39.5. The number of benzene rings is 1. The number of hydrogen-bond donors (Lipinski definition) is 1. The molecule has 1 aliphatic heterocycles. The molecule has 0 spiro atoms. The Morgan fingerprint density at radius 3 is 2.67 bits per heavy atom. The van der Waals surface area contributed by atoms with Crippen LogP contribution in [0.5, 0.6) is 0 Å². The van der Waals surface area contributed by atoms with Gasteiger partial charge in [0.1, 0.15) is 0 Å². The Morgan fingerprint density at radius 1 is 1.29 bits per heavy atom. The van der Waals surface area contributed by atoms with Crippen molar-refractivity contribution in [3.8, 4) is 0 Å². The van der Waals surface area contributed by atoms with Crippen molar-refractivity contribution in [2.45, 2.75) is 50.9 Å². The summed E-state index contributed by atoms with van der Waals surface area (Å²) in [5.41, 5.74) is 5.50. The largest absolute Gasteiger partial charge is 0.416 e. The molecule has 2 N–H and O–H groups in total. The maximum Gasteiger partial charge on any atom is 0.416 e. The van der Waals surface area contributed by atoms with Crippen LogP contribution in [0.2, 0.25) is 0 Å². The predicted octanol–water partition coefficient (Wildman–Crippen LogP) is 3.97. The van der Waals surface area contributed by atoms with Crippen LogP contribution in [-0.2, 0) is 6.18 Å². The van der Waals surface area contributed by atoms with Gasteiger partial charge >= 0.3 is 6.18 Å². The van der Waals surface area contributed by atoms with Gasteiger partial charge in [-0.25, -0.2) is 0 Å². The van der Waals surface area contributed by atoms with Crippen LogP contribution in [0.15, 0.2) is 24.3 Å². The van der Waals surface area contributed by atoms with Crippen LogP contribution >= 0.6 is 0 Å². The second-order valence-electron chi connectivity index (χ2n) is 5.73. The van der Waals surface area contributed by atoms with E-state index >= 15 is 0 Å². The average Bonchev–Trinajstić information content (AvgIpc) is 2.46. The Morgan fingerprint density at radius 2 is 2.00 bits per heavy atom. The van der Waals surface area contributed by atoms with Crippen LogP contribution in [0.4, 0.5) is 13.2 Å². The van der Waals surface area contributed by atoms with E-state index in [9.17, 15) is 13.2 Å². The van der Waals surface area contributed by atoms with E-state index in [2.05, 4.69) is 4.90 Å². The molecule has 0 aliphatic carbocycles. The second kappa shape index (κ2) is 6.79. The number of alkyl halides is 3. The summed E-state index contributed by atoms with van der Waals surface area (Å²) in [7, 11) is 0. The van der Waals surface area contributed by atoms with Crippen molar-refractivity contribution >= 4 is 0 Å². The van der Waals surface area contributed by atoms with Crippen LogP contribution in [0.25, 0.3) is 0 Å². The molecule has 2 atom stereocenters. The van der Waals surface area contributed by atoms with Gasteiger partial charge in [-0.3, -0.25) is 4.90 Å². The third kappa shape index (κ3) is 3.77. The number of nitrogens with two attached hydrogens (primary N) is 1. The van der Waals surface area contributed by atoms with Gasteiger partial charge in [-0.15, -0.1) is 0 Å². The Labute approximate surface area is 124 Å². The second-order valence-corrected chi connectivity index (χ2v) is 5.73. The molecule has 0 saturated carbocycles. The van der Waals surface area contributed by atoms with Gasteiger partial charge in [0.2, 0.25) is 0 Å². The van der Waals surface area contributed by atoms with E-state index in [0.717, 1.165) is 32.2 Å². The van der Waals surface area contributed by atoms with Crippen molar-refractivity contribution in [3.05, 3.63) is 35.4 Å². The minimum absolute atomic E-state index is 0.236. The van der Waals surface area contributed by atoms with Gasteiger partial charge in [0.05, 0.1) is 5.56 Å². The molecule has 5 heteroatoms. The Balaban J connectivity index is 2.28. The van der Waals surface area contributed by atoms with Crippen LogP contribution in [-0.4, -0.2) is 24.0 Å². The van der Waals surface area contributed by atoms with Crippen LogP contribution < -0.4 is 5.73 Å². The topological polar surface area (TPSA) is 29.3 Å². The van der Waals surface area contributed by atoms with Crippen molar-refractivity contribution in [2.24, 2.45) is 5.73 Å². The van der Waals surface area contributed by atoms with Gasteiger partial charge in [-0.2, -0.15) is 13.2 Å². The average molecular weight is 300 g/mol. The molecule has 1 aromatic rings. The van der Waals surface area contributed by atoms with E-state index in [1.165, 1.54) is 12.1 Å². The fraction of sp³-hybridized carbons (Fsp3) is 0.625. The van der Waals surface area contributed by atoms with Crippen LogP contribution in [0.3, 0.4) is 0 Å². The normalized spacial score (nSPS) is 22.2. The highest BCUT2D eigenvalue weighted by atomic mass is 19.4. The van der Waals surface area contributed by atoms with Crippen molar-refractivity contribution in [1.82, 2.24) is 4.90 Å². The van der Waals surface area contributed by atoms with Crippen LogP contribution in [0.1, 0.15) is 49.8 Å². The minimum Gasteiger partial charge on any atom is -0.330 e. The number of nitrogens with zero attached hydrogens (tertiary/aromatic N) is 1. The lowest BCUT2D eigenvalue weighted by molar-refractivity contribution is -0.138. The van der Waals surface area contributed by atoms with Gasteiger partial charge < -0.3 is 5.73 Å². The zero-order valence-corrected chi connectivity index (χ0v) is 12.4. The monoisotopic (exact) mass is 300 g/mol. The highest BCUT2D eigenvalue weighted by molar-refractivity contribution is 5.32. The fourth-order valence-corrected chi connectivity index (χ4v) is 3.33. The van der Waals surface area contributed by atoms with E-state index < -0.39 is 11.7 Å². The molecular weight excluding hydrogens is 277 g/mol. The molecule has 118 valence electrons. The maximum absolute atomic E-state index is 13.2. The molecule has 1 aliphatic rings. The van der Waals surface area contributed by atoms with E-state index in [1.807, 2.05) is 6.92 Å². The lowest BCUT2D eigenvalue weighted by Crippen LogP contribution is -2.42. The number of halogens is 3. The van der Waals surface area contributed by atoms with Gasteiger partial charge in [-0.1, -0.05) is 24.6 Å². The summed E-state index contributed by atoms with van der Waals surface area (Å²) in [5.74, 6) is 0. The standard InChI is InChI=1S/C16H23F3N2/c1-12(21-11-5-4-6-13(21)9-10-20)14-7-2-3-8-15(14)16(17,18)19/h2-3,7-8,12-13H,4-6,9-11,20H2,1H3. The van der Waals surface area contributed by atoms with E-state index in [-0.39, 0.29) is 6.04 Å². The van der Waals surface area contributed by atoms with Crippen LogP contribution in [0, 0.1) is 0 Å². The zero-order valence-electron chi connectivity index (χ0n) is 12.4. The minimum atomic E-state index is -4.30. The first-order chi connectivity index (χ1) is 9.95. The molecule has 0 aromatic heterocycles. The summed E-state index contributed by atoms with van der Waals surface area (Å²) in [6.45, 7) is 3.30. The summed E-state index contributed by atoms with van der Waals surface area (Å²) in [6, 6.07) is 5.96. The molecule has 1 heterocycles. The van der Waals surface area contributed by atoms with Crippen molar-refractivity contribution in [3.63, 3.8) is 0 Å². The third-order valence-electron chi connectivity index (χ3n) is 4.39. The number of rotatable bonds is 4. The molecule has 1 saturated heterocycles. The van der Waals surface area contributed by atoms with Gasteiger partial charge in [0, 0.05) is 12.1 Å². The molecule has 1 fully saturated rings. The Kier molecular flexibility index (Phi) is 5.27. The van der Waals surface area contributed by atoms with Crippen molar-refractivity contribution in [2.75, 3.05) is 13.1 Å². The lowest BCUT2D eigenvalue weighted by Gasteiger charge is -2.40. The van der Waals surface area contributed by atoms with Gasteiger partial charge in [0.15, 0.2) is 0 Å². The highest BCUT2D eigenvalue weighted by Crippen LogP contribution is 2.38. The molecule has 1 aromatic carbocycles. The van der Waals surface area contributed by atoms with Gasteiger partial charge in [-0.05, 0) is 50.9 Å². The highest BCUT2D eigenvalue weighted by Gasteiger charge is 2.36. The quantitative estimate of drug-likeness (QED) is 0.911. The summed E-state index contributed by atoms with van der Waals surface area (Å²) in [6.07, 6.45) is -0.257. The van der Waals surface area contributed by atoms with Crippen molar-refractivity contribution in [1.29, 1.82) is 0 Å². The molecule has 0 amide bonds. The smallest absolute Gasteiger partial charge is 0.330 e. The lowest BCUT2D eigenvalue weighted by atomic mass is 9.93. The first kappa shape index (κ1) is 16.3. The Hall–Kier alpha value is -1.07. The first-order valence-electron chi connectivity index (χ1n) is 7.57. The maximum atomic E-state index is 13.2. The Bertz CT molecular complexity index is 457. The predicted molar refractivity (Wildman–Crippen MR) is 77.9 cm³/mol. The SMILES string of the molecule is CC(c1ccccc1C(F)(F)F)N1CCCCC1CCN. The molecule has 2 rings (SSSR count). The fourth-order valence-electron chi connectivity index (χ4n) is 3.33.